The van der Waals surface area contributed by atoms with Gasteiger partial charge in [0, 0.05) is 32.8 Å². The molecule has 0 spiro atoms. The first-order chi connectivity index (χ1) is 10.2. The molecule has 0 bridgehead atoms. The van der Waals surface area contributed by atoms with Gasteiger partial charge in [-0.05, 0) is 6.08 Å². The zero-order valence-electron chi connectivity index (χ0n) is 12.8. The molecule has 0 fully saturated rings. The van der Waals surface area contributed by atoms with Crippen LogP contribution in [-0.2, 0) is 38.1 Å². The van der Waals surface area contributed by atoms with E-state index in [1.54, 1.807) is 0 Å². The number of ether oxygens (including phenoxy) is 4. The zero-order chi connectivity index (χ0) is 16.9. The van der Waals surface area contributed by atoms with Crippen LogP contribution in [0.2, 0.25) is 0 Å². The van der Waals surface area contributed by atoms with Crippen molar-refractivity contribution in [2.75, 3.05) is 7.11 Å². The van der Waals surface area contributed by atoms with Crippen molar-refractivity contribution in [3.05, 3.63) is 11.6 Å². The average Bonchev–Trinajstić information content (AvgIpc) is 2.39. The lowest BCUT2D eigenvalue weighted by molar-refractivity contribution is -0.180. The molecule has 1 rings (SSSR count). The van der Waals surface area contributed by atoms with Crippen molar-refractivity contribution in [1.82, 2.24) is 0 Å². The maximum Gasteiger partial charge on any atom is 0.333 e. The van der Waals surface area contributed by atoms with Gasteiger partial charge in [-0.2, -0.15) is 0 Å². The Bertz CT molecular complexity index is 507. The van der Waals surface area contributed by atoms with Crippen LogP contribution in [0.15, 0.2) is 11.6 Å². The van der Waals surface area contributed by atoms with Gasteiger partial charge in [0.2, 0.25) is 0 Å². The molecular formula is C14H18O8. The topological polar surface area (TPSA) is 105 Å². The van der Waals surface area contributed by atoms with Crippen LogP contribution >= 0.6 is 0 Å². The van der Waals surface area contributed by atoms with Crippen molar-refractivity contribution >= 4 is 23.9 Å². The highest BCUT2D eigenvalue weighted by molar-refractivity contribution is 5.89. The molecule has 0 saturated carbocycles. The number of carbonyl (C=O) groups excluding carboxylic acids is 4. The first-order valence-electron chi connectivity index (χ1n) is 6.55. The minimum Gasteiger partial charge on any atom is -0.466 e. The molecule has 8 nitrogen and oxygen atoms in total. The molecule has 0 aromatic heterocycles. The van der Waals surface area contributed by atoms with E-state index in [0.29, 0.717) is 0 Å². The zero-order valence-corrected chi connectivity index (χ0v) is 12.8. The highest BCUT2D eigenvalue weighted by Crippen LogP contribution is 2.27. The van der Waals surface area contributed by atoms with Crippen molar-refractivity contribution in [3.8, 4) is 0 Å². The van der Waals surface area contributed by atoms with E-state index < -0.39 is 42.2 Å². The Hall–Kier alpha value is -2.38. The molecule has 0 unspecified atom stereocenters. The summed E-state index contributed by atoms with van der Waals surface area (Å²) < 4.78 is 19.8. The number of methoxy groups -OCH3 is 1. The fraction of sp³-hybridized carbons (Fsp3) is 0.571. The van der Waals surface area contributed by atoms with E-state index in [0.717, 1.165) is 0 Å². The highest BCUT2D eigenvalue weighted by Gasteiger charge is 2.41. The molecule has 0 radical (unpaired) electrons. The van der Waals surface area contributed by atoms with E-state index in [4.69, 9.17) is 14.2 Å². The Morgan fingerprint density at radius 2 is 1.50 bits per heavy atom. The lowest BCUT2D eigenvalue weighted by Crippen LogP contribution is -2.47. The molecule has 0 heterocycles. The second kappa shape index (κ2) is 7.58. The summed E-state index contributed by atoms with van der Waals surface area (Å²) in [6.45, 7) is 3.53. The first kappa shape index (κ1) is 17.7. The number of carbonyl (C=O) groups is 4. The predicted octanol–water partition coefficient (Wildman–Crippen LogP) is 0.285. The van der Waals surface area contributed by atoms with Crippen molar-refractivity contribution in [3.63, 3.8) is 0 Å². The van der Waals surface area contributed by atoms with Gasteiger partial charge in [-0.3, -0.25) is 14.4 Å². The Labute approximate surface area is 127 Å². The van der Waals surface area contributed by atoms with Crippen LogP contribution in [0.1, 0.15) is 27.2 Å². The maximum atomic E-state index is 11.7. The van der Waals surface area contributed by atoms with Crippen LogP contribution in [0.25, 0.3) is 0 Å². The summed E-state index contributed by atoms with van der Waals surface area (Å²) in [5.41, 5.74) is 0.170. The molecule has 122 valence electrons. The fourth-order valence-corrected chi connectivity index (χ4v) is 2.14. The van der Waals surface area contributed by atoms with Crippen LogP contribution in [0, 0.1) is 0 Å². The van der Waals surface area contributed by atoms with Gasteiger partial charge in [-0.1, -0.05) is 0 Å². The van der Waals surface area contributed by atoms with Gasteiger partial charge in [0.1, 0.15) is 6.10 Å². The Morgan fingerprint density at radius 1 is 0.955 bits per heavy atom. The van der Waals surface area contributed by atoms with Gasteiger partial charge >= 0.3 is 23.9 Å². The van der Waals surface area contributed by atoms with E-state index >= 15 is 0 Å². The van der Waals surface area contributed by atoms with Gasteiger partial charge in [-0.25, -0.2) is 4.79 Å². The fourth-order valence-electron chi connectivity index (χ4n) is 2.14. The molecule has 0 N–H and O–H groups in total. The van der Waals surface area contributed by atoms with E-state index in [1.165, 1.54) is 34.0 Å². The Balaban J connectivity index is 3.15. The summed E-state index contributed by atoms with van der Waals surface area (Å²) >= 11 is 0. The van der Waals surface area contributed by atoms with Crippen LogP contribution in [-0.4, -0.2) is 49.3 Å². The monoisotopic (exact) mass is 314 g/mol. The molecule has 1 aliphatic carbocycles. The molecule has 22 heavy (non-hydrogen) atoms. The molecule has 0 aliphatic heterocycles. The van der Waals surface area contributed by atoms with Crippen LogP contribution in [0.4, 0.5) is 0 Å². The highest BCUT2D eigenvalue weighted by atomic mass is 16.6. The summed E-state index contributed by atoms with van der Waals surface area (Å²) in [5, 5.41) is 0. The third-order valence-electron chi connectivity index (χ3n) is 2.85. The molecule has 1 aliphatic rings. The molecule has 0 aromatic rings. The average molecular weight is 314 g/mol. The van der Waals surface area contributed by atoms with Crippen molar-refractivity contribution < 1.29 is 38.1 Å². The van der Waals surface area contributed by atoms with Crippen LogP contribution < -0.4 is 0 Å². The van der Waals surface area contributed by atoms with E-state index in [2.05, 4.69) is 4.74 Å². The molecular weight excluding hydrogens is 296 g/mol. The molecule has 0 aromatic carbocycles. The van der Waals surface area contributed by atoms with Crippen molar-refractivity contribution in [2.24, 2.45) is 0 Å². The van der Waals surface area contributed by atoms with E-state index in [9.17, 15) is 19.2 Å². The predicted molar refractivity (Wildman–Crippen MR) is 71.4 cm³/mol. The second-order valence-corrected chi connectivity index (χ2v) is 4.68. The summed E-state index contributed by atoms with van der Waals surface area (Å²) in [4.78, 5) is 45.3. The number of esters is 4. The maximum absolute atomic E-state index is 11.7. The van der Waals surface area contributed by atoms with Crippen molar-refractivity contribution in [1.29, 1.82) is 0 Å². The van der Waals surface area contributed by atoms with Gasteiger partial charge in [-0.15, -0.1) is 0 Å². The molecule has 3 atom stereocenters. The smallest absolute Gasteiger partial charge is 0.333 e. The van der Waals surface area contributed by atoms with E-state index in [1.807, 2.05) is 0 Å². The second-order valence-electron chi connectivity index (χ2n) is 4.68. The quantitative estimate of drug-likeness (QED) is 0.538. The van der Waals surface area contributed by atoms with Crippen molar-refractivity contribution in [2.45, 2.75) is 45.5 Å². The van der Waals surface area contributed by atoms with Crippen LogP contribution in [0.5, 0.6) is 0 Å². The Morgan fingerprint density at radius 3 is 1.95 bits per heavy atom. The third kappa shape index (κ3) is 4.87. The number of hydrogen-bond acceptors (Lipinski definition) is 8. The number of rotatable bonds is 4. The van der Waals surface area contributed by atoms with Gasteiger partial charge in [0.25, 0.3) is 0 Å². The summed E-state index contributed by atoms with van der Waals surface area (Å²) in [6, 6.07) is 0. The van der Waals surface area contributed by atoms with Gasteiger partial charge in [0.05, 0.1) is 7.11 Å². The molecule has 0 saturated heterocycles. The lowest BCUT2D eigenvalue weighted by Gasteiger charge is -2.34. The summed E-state index contributed by atoms with van der Waals surface area (Å²) in [7, 11) is 1.20. The van der Waals surface area contributed by atoms with Crippen LogP contribution in [0.3, 0.4) is 0 Å². The first-order valence-corrected chi connectivity index (χ1v) is 6.55. The Kier molecular flexibility index (Phi) is 6.09. The third-order valence-corrected chi connectivity index (χ3v) is 2.85. The SMILES string of the molecule is COC(=O)C1=C[C@@H](OC(C)=O)[C@@H](OC(C)=O)[C@H](OC(C)=O)C1. The molecule has 0 amide bonds. The number of hydrogen-bond donors (Lipinski definition) is 0. The van der Waals surface area contributed by atoms with Gasteiger partial charge in [0.15, 0.2) is 12.2 Å². The van der Waals surface area contributed by atoms with Gasteiger partial charge < -0.3 is 18.9 Å². The normalized spacial score (nSPS) is 23.8. The lowest BCUT2D eigenvalue weighted by atomic mass is 9.91. The molecule has 8 heteroatoms. The summed E-state index contributed by atoms with van der Waals surface area (Å²) in [5.74, 6) is -2.52. The minimum absolute atomic E-state index is 0.0119. The minimum atomic E-state index is -1.05. The van der Waals surface area contributed by atoms with E-state index in [-0.39, 0.29) is 12.0 Å². The largest absolute Gasteiger partial charge is 0.466 e. The summed E-state index contributed by atoms with van der Waals surface area (Å²) in [6.07, 6.45) is -1.71. The standard InChI is InChI=1S/C14H18O8/c1-7(15)20-11-5-10(14(18)19-4)6-12(21-8(2)16)13(11)22-9(3)17/h5,11-13H,6H2,1-4H3/t11-,12-,13-/m1/s1.